The van der Waals surface area contributed by atoms with Crippen LogP contribution in [0.4, 0.5) is 11.4 Å². The number of methoxy groups -OCH3 is 1. The molecule has 1 heterocycles. The van der Waals surface area contributed by atoms with E-state index in [9.17, 15) is 4.79 Å². The van der Waals surface area contributed by atoms with Crippen LogP contribution in [-0.4, -0.2) is 51.7 Å². The van der Waals surface area contributed by atoms with E-state index in [1.807, 2.05) is 12.1 Å². The molecule has 5 nitrogen and oxygen atoms in total. The fourth-order valence-corrected chi connectivity index (χ4v) is 2.98. The zero-order valence-corrected chi connectivity index (χ0v) is 13.1. The summed E-state index contributed by atoms with van der Waals surface area (Å²) < 4.78 is 4.87. The third-order valence-corrected chi connectivity index (χ3v) is 4.00. The second kappa shape index (κ2) is 6.80. The Morgan fingerprint density at radius 1 is 1.38 bits per heavy atom. The first-order valence-electron chi connectivity index (χ1n) is 7.38. The van der Waals surface area contributed by atoms with Crippen LogP contribution in [0, 0.1) is 5.92 Å². The van der Waals surface area contributed by atoms with Crippen LogP contribution in [0.3, 0.4) is 0 Å². The summed E-state index contributed by atoms with van der Waals surface area (Å²) in [5, 5.41) is 0. The largest absolute Gasteiger partial charge is 0.465 e. The molecule has 5 heteroatoms. The maximum atomic E-state index is 11.9. The van der Waals surface area contributed by atoms with Crippen LogP contribution >= 0.6 is 0 Å². The van der Waals surface area contributed by atoms with E-state index in [0.717, 1.165) is 44.1 Å². The number of nitrogens with two attached hydrogens (primary N) is 1. The van der Waals surface area contributed by atoms with Crippen LogP contribution in [-0.2, 0) is 4.74 Å². The van der Waals surface area contributed by atoms with Crippen LogP contribution in [0.1, 0.15) is 23.2 Å². The molecule has 1 aromatic rings. The number of ether oxygens (including phenoxy) is 1. The molecule has 1 saturated heterocycles. The van der Waals surface area contributed by atoms with E-state index >= 15 is 0 Å². The molecule has 0 aliphatic carbocycles. The number of anilines is 2. The minimum absolute atomic E-state index is 0.326. The van der Waals surface area contributed by atoms with Crippen molar-refractivity contribution in [3.05, 3.63) is 23.8 Å². The van der Waals surface area contributed by atoms with Crippen LogP contribution < -0.4 is 10.6 Å². The molecule has 1 aliphatic heterocycles. The molecule has 1 aromatic carbocycles. The number of benzene rings is 1. The van der Waals surface area contributed by atoms with Crippen molar-refractivity contribution in [3.63, 3.8) is 0 Å². The predicted octanol–water partition coefficient (Wildman–Crippen LogP) is 1.83. The molecule has 0 radical (unpaired) electrons. The van der Waals surface area contributed by atoms with E-state index in [2.05, 4.69) is 23.9 Å². The maximum Gasteiger partial charge on any atom is 0.340 e. The van der Waals surface area contributed by atoms with Gasteiger partial charge in [0.25, 0.3) is 0 Å². The van der Waals surface area contributed by atoms with Gasteiger partial charge in [0.1, 0.15) is 0 Å². The van der Waals surface area contributed by atoms with Crippen molar-refractivity contribution in [2.24, 2.45) is 5.92 Å². The van der Waals surface area contributed by atoms with Crippen molar-refractivity contribution in [1.82, 2.24) is 4.90 Å². The van der Waals surface area contributed by atoms with Gasteiger partial charge in [-0.1, -0.05) is 0 Å². The van der Waals surface area contributed by atoms with Gasteiger partial charge in [0, 0.05) is 25.3 Å². The maximum absolute atomic E-state index is 11.9. The van der Waals surface area contributed by atoms with Crippen LogP contribution in [0.2, 0.25) is 0 Å². The normalized spacial score (nSPS) is 16.3. The third kappa shape index (κ3) is 3.88. The van der Waals surface area contributed by atoms with E-state index < -0.39 is 0 Å². The number of nitrogen functional groups attached to an aromatic ring is 1. The van der Waals surface area contributed by atoms with Crippen molar-refractivity contribution in [3.8, 4) is 0 Å². The molecule has 0 aromatic heterocycles. The Kier molecular flexibility index (Phi) is 5.07. The summed E-state index contributed by atoms with van der Waals surface area (Å²) in [4.78, 5) is 16.4. The lowest BCUT2D eigenvalue weighted by Gasteiger charge is -2.35. The Hall–Kier alpha value is -1.75. The molecule has 0 saturated carbocycles. The third-order valence-electron chi connectivity index (χ3n) is 4.00. The number of piperidine rings is 1. The minimum atomic E-state index is -0.326. The highest BCUT2D eigenvalue weighted by Gasteiger charge is 2.23. The number of hydrogen-bond acceptors (Lipinski definition) is 5. The van der Waals surface area contributed by atoms with Gasteiger partial charge < -0.3 is 20.3 Å². The Balaban J connectivity index is 2.11. The highest BCUT2D eigenvalue weighted by molar-refractivity contribution is 5.97. The molecule has 0 bridgehead atoms. The zero-order valence-electron chi connectivity index (χ0n) is 13.1. The molecule has 0 amide bonds. The lowest BCUT2D eigenvalue weighted by Crippen LogP contribution is -2.37. The van der Waals surface area contributed by atoms with E-state index in [1.54, 1.807) is 6.07 Å². The summed E-state index contributed by atoms with van der Waals surface area (Å²) in [7, 11) is 5.63. The first-order chi connectivity index (χ1) is 10.0. The molecule has 2 rings (SSSR count). The zero-order chi connectivity index (χ0) is 15.4. The number of nitrogens with zero attached hydrogens (tertiary/aromatic N) is 2. The van der Waals surface area contributed by atoms with Gasteiger partial charge in [-0.15, -0.1) is 0 Å². The van der Waals surface area contributed by atoms with E-state index in [1.165, 1.54) is 7.11 Å². The minimum Gasteiger partial charge on any atom is -0.465 e. The lowest BCUT2D eigenvalue weighted by molar-refractivity contribution is 0.0601. The van der Waals surface area contributed by atoms with Gasteiger partial charge in [-0.2, -0.15) is 0 Å². The topological polar surface area (TPSA) is 58.8 Å². The summed E-state index contributed by atoms with van der Waals surface area (Å²) in [6.07, 6.45) is 2.28. The van der Waals surface area contributed by atoms with Gasteiger partial charge >= 0.3 is 5.97 Å². The second-order valence-electron chi connectivity index (χ2n) is 5.96. The molecular weight excluding hydrogens is 266 g/mol. The van der Waals surface area contributed by atoms with Crippen molar-refractivity contribution < 1.29 is 9.53 Å². The van der Waals surface area contributed by atoms with Crippen molar-refractivity contribution >= 4 is 17.3 Å². The highest BCUT2D eigenvalue weighted by Crippen LogP contribution is 2.28. The predicted molar refractivity (Wildman–Crippen MR) is 85.7 cm³/mol. The number of hydrogen-bond donors (Lipinski definition) is 1. The Bertz CT molecular complexity index is 494. The fourth-order valence-electron chi connectivity index (χ4n) is 2.98. The average molecular weight is 291 g/mol. The number of carbonyl (C=O) groups excluding carboxylic acids is 1. The summed E-state index contributed by atoms with van der Waals surface area (Å²) >= 11 is 0. The molecular formula is C16H25N3O2. The standard InChI is InChI=1S/C16H25N3O2/c1-18(2)11-12-6-8-19(9-7-12)15-5-4-13(17)10-14(15)16(20)21-3/h4-5,10,12H,6-9,11,17H2,1-3H3. The van der Waals surface area contributed by atoms with Crippen molar-refractivity contribution in [1.29, 1.82) is 0 Å². The van der Waals surface area contributed by atoms with Crippen molar-refractivity contribution in [2.75, 3.05) is 51.5 Å². The quantitative estimate of drug-likeness (QED) is 0.677. The van der Waals surface area contributed by atoms with Gasteiger partial charge in [0.2, 0.25) is 0 Å². The second-order valence-corrected chi connectivity index (χ2v) is 5.96. The summed E-state index contributed by atoms with van der Waals surface area (Å²) in [6.45, 7) is 3.05. The van der Waals surface area contributed by atoms with Gasteiger partial charge in [-0.05, 0) is 51.1 Å². The Labute approximate surface area is 126 Å². The van der Waals surface area contributed by atoms with Gasteiger partial charge in [0.15, 0.2) is 0 Å². The summed E-state index contributed by atoms with van der Waals surface area (Å²) in [5.74, 6) is 0.402. The van der Waals surface area contributed by atoms with E-state index in [0.29, 0.717) is 11.3 Å². The SMILES string of the molecule is COC(=O)c1cc(N)ccc1N1CCC(CN(C)C)CC1. The van der Waals surface area contributed by atoms with Crippen LogP contribution in [0.25, 0.3) is 0 Å². The average Bonchev–Trinajstić information content (AvgIpc) is 2.47. The molecule has 0 atom stereocenters. The van der Waals surface area contributed by atoms with E-state index in [-0.39, 0.29) is 5.97 Å². The first kappa shape index (κ1) is 15.6. The van der Waals surface area contributed by atoms with Crippen molar-refractivity contribution in [2.45, 2.75) is 12.8 Å². The molecule has 2 N–H and O–H groups in total. The molecule has 1 aliphatic rings. The molecule has 116 valence electrons. The Morgan fingerprint density at radius 3 is 2.62 bits per heavy atom. The van der Waals surface area contributed by atoms with Crippen LogP contribution in [0.15, 0.2) is 18.2 Å². The lowest BCUT2D eigenvalue weighted by atomic mass is 9.95. The molecule has 21 heavy (non-hydrogen) atoms. The summed E-state index contributed by atoms with van der Waals surface area (Å²) in [6, 6.07) is 5.47. The Morgan fingerprint density at radius 2 is 2.05 bits per heavy atom. The summed E-state index contributed by atoms with van der Waals surface area (Å²) in [5.41, 5.74) is 7.87. The van der Waals surface area contributed by atoms with Gasteiger partial charge in [0.05, 0.1) is 18.4 Å². The fraction of sp³-hybridized carbons (Fsp3) is 0.562. The smallest absolute Gasteiger partial charge is 0.340 e. The van der Waals surface area contributed by atoms with Gasteiger partial charge in [-0.25, -0.2) is 4.79 Å². The number of carbonyl (C=O) groups is 1. The van der Waals surface area contributed by atoms with Crippen LogP contribution in [0.5, 0.6) is 0 Å². The monoisotopic (exact) mass is 291 g/mol. The number of esters is 1. The van der Waals surface area contributed by atoms with E-state index in [4.69, 9.17) is 10.5 Å². The molecule has 0 unspecified atom stereocenters. The molecule has 0 spiro atoms. The number of rotatable bonds is 4. The highest BCUT2D eigenvalue weighted by atomic mass is 16.5. The van der Waals surface area contributed by atoms with Gasteiger partial charge in [-0.3, -0.25) is 0 Å². The molecule has 1 fully saturated rings. The first-order valence-corrected chi connectivity index (χ1v) is 7.38.